The molecule has 0 unspecified atom stereocenters. The third-order valence-corrected chi connectivity index (χ3v) is 3.58. The van der Waals surface area contributed by atoms with E-state index in [0.717, 1.165) is 17.8 Å². The van der Waals surface area contributed by atoms with E-state index in [2.05, 4.69) is 0 Å². The van der Waals surface area contributed by atoms with Gasteiger partial charge in [-0.2, -0.15) is 17.7 Å². The smallest absolute Gasteiger partial charge is 0.416 e. The first-order chi connectivity index (χ1) is 8.88. The quantitative estimate of drug-likeness (QED) is 0.564. The van der Waals surface area contributed by atoms with Crippen LogP contribution < -0.4 is 21.5 Å². The third kappa shape index (κ3) is 3.89. The Hall–Kier alpha value is -1.21. The van der Waals surface area contributed by atoms with Crippen molar-refractivity contribution in [1.82, 2.24) is 0 Å². The summed E-state index contributed by atoms with van der Waals surface area (Å²) in [6.07, 6.45) is -4.37. The van der Waals surface area contributed by atoms with E-state index in [-0.39, 0.29) is 34.9 Å². The number of carbonyl (C=O) groups is 1. The summed E-state index contributed by atoms with van der Waals surface area (Å²) in [5, 5.41) is 1.90. The zero-order valence-corrected chi connectivity index (χ0v) is 12.8. The van der Waals surface area contributed by atoms with Crippen molar-refractivity contribution in [3.05, 3.63) is 52.0 Å². The molecule has 1 heterocycles. The average Bonchev–Trinajstić information content (AvgIpc) is 2.74. The molecule has 1 aromatic heterocycles. The number of nitrogens with zero attached hydrogens (tertiary/aromatic N) is 1. The number of carbonyl (C=O) groups excluding carboxylic acids is 1. The fourth-order valence-corrected chi connectivity index (χ4v) is 2.39. The summed E-state index contributed by atoms with van der Waals surface area (Å²) in [5.74, 6) is -0.208. The van der Waals surface area contributed by atoms with Gasteiger partial charge in [0.25, 0.3) is 0 Å². The maximum absolute atomic E-state index is 12.4. The number of ketones is 1. The molecule has 0 atom stereocenters. The molecule has 2 aromatic rings. The van der Waals surface area contributed by atoms with Crippen LogP contribution in [0, 0.1) is 6.92 Å². The highest BCUT2D eigenvalue weighted by molar-refractivity contribution is 7.07. The topological polar surface area (TPSA) is 20.9 Å². The Morgan fingerprint density at radius 2 is 1.85 bits per heavy atom. The van der Waals surface area contributed by atoms with Crippen molar-refractivity contribution in [2.45, 2.75) is 19.6 Å². The molecule has 0 fully saturated rings. The van der Waals surface area contributed by atoms with E-state index < -0.39 is 11.7 Å². The molecule has 0 saturated carbocycles. The van der Waals surface area contributed by atoms with Crippen molar-refractivity contribution in [2.75, 3.05) is 0 Å². The van der Waals surface area contributed by atoms with Gasteiger partial charge in [0.05, 0.1) is 10.9 Å². The number of halogens is 4. The summed E-state index contributed by atoms with van der Waals surface area (Å²) in [5.41, 5.74) is 2.29. The summed E-state index contributed by atoms with van der Waals surface area (Å²) in [4.78, 5) is 11.9. The molecular formula is C13H11BrF3NOS. The van der Waals surface area contributed by atoms with Crippen LogP contribution in [-0.2, 0) is 12.7 Å². The highest BCUT2D eigenvalue weighted by Gasteiger charge is 2.30. The fourth-order valence-electron chi connectivity index (χ4n) is 1.61. The minimum Gasteiger partial charge on any atom is -1.00 e. The minimum atomic E-state index is -4.37. The highest BCUT2D eigenvalue weighted by Crippen LogP contribution is 2.29. The van der Waals surface area contributed by atoms with Crippen molar-refractivity contribution in [2.24, 2.45) is 0 Å². The van der Waals surface area contributed by atoms with Crippen LogP contribution in [0.25, 0.3) is 0 Å². The summed E-state index contributed by atoms with van der Waals surface area (Å²) in [6.45, 7) is 2.01. The summed E-state index contributed by atoms with van der Waals surface area (Å²) < 4.78 is 38.9. The monoisotopic (exact) mass is 365 g/mol. The molecule has 0 saturated heterocycles. The number of alkyl halides is 3. The van der Waals surface area contributed by atoms with Crippen LogP contribution in [0.2, 0.25) is 0 Å². The van der Waals surface area contributed by atoms with Gasteiger partial charge in [-0.15, -0.1) is 0 Å². The van der Waals surface area contributed by atoms with Crippen LogP contribution in [0.1, 0.15) is 21.6 Å². The van der Waals surface area contributed by atoms with Crippen molar-refractivity contribution in [1.29, 1.82) is 0 Å². The molecule has 0 bridgehead atoms. The third-order valence-electron chi connectivity index (χ3n) is 2.73. The molecule has 0 radical (unpaired) electrons. The van der Waals surface area contributed by atoms with Gasteiger partial charge in [-0.05, 0) is 12.1 Å². The number of rotatable bonds is 3. The lowest BCUT2D eigenvalue weighted by Crippen LogP contribution is -3.00. The normalized spacial score (nSPS) is 11.0. The maximum atomic E-state index is 12.4. The fraction of sp³-hybridized carbons (Fsp3) is 0.231. The molecule has 108 valence electrons. The number of Topliss-reactive ketones (excluding diaryl/α,β-unsaturated/α-hetero) is 1. The standard InChI is InChI=1S/C13H11F3NOS.BrH/c1-9-7-19-8-17(9)6-12(18)10-2-4-11(5-3-10)13(14,15)16;/h2-5,7-8H,6H2,1H3;1H/q+1;/p-1. The van der Waals surface area contributed by atoms with Gasteiger partial charge in [0, 0.05) is 12.5 Å². The average molecular weight is 366 g/mol. The molecule has 7 heteroatoms. The van der Waals surface area contributed by atoms with E-state index >= 15 is 0 Å². The van der Waals surface area contributed by atoms with E-state index in [1.807, 2.05) is 12.3 Å². The van der Waals surface area contributed by atoms with Crippen molar-refractivity contribution < 1.29 is 39.5 Å². The molecule has 0 N–H and O–H groups in total. The van der Waals surface area contributed by atoms with Gasteiger partial charge in [-0.25, -0.2) is 0 Å². The molecule has 0 amide bonds. The largest absolute Gasteiger partial charge is 1.00 e. The van der Waals surface area contributed by atoms with Gasteiger partial charge in [0.1, 0.15) is 0 Å². The first-order valence-corrected chi connectivity index (χ1v) is 6.45. The summed E-state index contributed by atoms with van der Waals surface area (Å²) in [6, 6.07) is 4.29. The van der Waals surface area contributed by atoms with Crippen LogP contribution in [0.5, 0.6) is 0 Å². The molecule has 0 aliphatic rings. The Labute approximate surface area is 128 Å². The lowest BCUT2D eigenvalue weighted by atomic mass is 10.1. The predicted octanol–water partition coefficient (Wildman–Crippen LogP) is 0.250. The van der Waals surface area contributed by atoms with Gasteiger partial charge in [-0.1, -0.05) is 23.5 Å². The molecule has 1 aromatic carbocycles. The Morgan fingerprint density at radius 3 is 2.30 bits per heavy atom. The number of thiazole rings is 1. The zero-order chi connectivity index (χ0) is 14.0. The summed E-state index contributed by atoms with van der Waals surface area (Å²) >= 11 is 1.47. The molecule has 2 rings (SSSR count). The minimum absolute atomic E-state index is 0. The van der Waals surface area contributed by atoms with E-state index in [1.54, 1.807) is 10.1 Å². The lowest BCUT2D eigenvalue weighted by Gasteiger charge is -2.06. The number of aromatic nitrogens is 1. The first-order valence-electron chi connectivity index (χ1n) is 5.50. The second kappa shape index (κ2) is 6.49. The van der Waals surface area contributed by atoms with Gasteiger partial charge >= 0.3 is 6.18 Å². The Balaban J connectivity index is 0.00000200. The van der Waals surface area contributed by atoms with Crippen LogP contribution in [0.4, 0.5) is 13.2 Å². The maximum Gasteiger partial charge on any atom is 0.416 e. The van der Waals surface area contributed by atoms with E-state index in [0.29, 0.717) is 0 Å². The lowest BCUT2D eigenvalue weighted by molar-refractivity contribution is -0.684. The first kappa shape index (κ1) is 16.8. The number of benzene rings is 1. The van der Waals surface area contributed by atoms with Gasteiger partial charge in [0.2, 0.25) is 17.8 Å². The van der Waals surface area contributed by atoms with Crippen molar-refractivity contribution >= 4 is 17.1 Å². The second-order valence-electron chi connectivity index (χ2n) is 4.13. The van der Waals surface area contributed by atoms with Crippen LogP contribution in [0.15, 0.2) is 35.2 Å². The number of aryl methyl sites for hydroxylation is 1. The van der Waals surface area contributed by atoms with Gasteiger partial charge in [0.15, 0.2) is 5.69 Å². The molecule has 2 nitrogen and oxygen atoms in total. The Morgan fingerprint density at radius 1 is 1.25 bits per heavy atom. The number of hydrogen-bond donors (Lipinski definition) is 0. The second-order valence-corrected chi connectivity index (χ2v) is 4.85. The molecule has 20 heavy (non-hydrogen) atoms. The Kier molecular flexibility index (Phi) is 5.47. The van der Waals surface area contributed by atoms with Crippen molar-refractivity contribution in [3.8, 4) is 0 Å². The van der Waals surface area contributed by atoms with Gasteiger partial charge in [-0.3, -0.25) is 4.79 Å². The van der Waals surface area contributed by atoms with Crippen LogP contribution >= 0.6 is 11.3 Å². The molecular weight excluding hydrogens is 355 g/mol. The van der Waals surface area contributed by atoms with E-state index in [4.69, 9.17) is 0 Å². The van der Waals surface area contributed by atoms with Crippen LogP contribution in [0.3, 0.4) is 0 Å². The van der Waals surface area contributed by atoms with E-state index in [1.165, 1.54) is 23.5 Å². The Bertz CT molecular complexity index is 592. The van der Waals surface area contributed by atoms with E-state index in [9.17, 15) is 18.0 Å². The SMILES string of the molecule is Cc1csc[n+]1CC(=O)c1ccc(C(F)(F)F)cc1.[Br-]. The van der Waals surface area contributed by atoms with Crippen LogP contribution in [-0.4, -0.2) is 5.78 Å². The number of hydrogen-bond acceptors (Lipinski definition) is 2. The molecule has 0 spiro atoms. The predicted molar refractivity (Wildman–Crippen MR) is 65.0 cm³/mol. The summed E-state index contributed by atoms with van der Waals surface area (Å²) in [7, 11) is 0. The molecule has 0 aliphatic carbocycles. The van der Waals surface area contributed by atoms with Crippen molar-refractivity contribution in [3.63, 3.8) is 0 Å². The highest BCUT2D eigenvalue weighted by atomic mass is 79.9. The van der Waals surface area contributed by atoms with Gasteiger partial charge < -0.3 is 17.0 Å². The molecule has 0 aliphatic heterocycles. The zero-order valence-electron chi connectivity index (χ0n) is 10.4.